The van der Waals surface area contributed by atoms with E-state index in [1.54, 1.807) is 42.0 Å². The van der Waals surface area contributed by atoms with Gasteiger partial charge >= 0.3 is 0 Å². The van der Waals surface area contributed by atoms with Gasteiger partial charge in [0.2, 0.25) is 5.91 Å². The Hall–Kier alpha value is -3.41. The maximum atomic E-state index is 12.9. The fourth-order valence-corrected chi connectivity index (χ4v) is 2.72. The molecular weight excluding hydrogens is 364 g/mol. The summed E-state index contributed by atoms with van der Waals surface area (Å²) in [6.07, 6.45) is 10.0. The summed E-state index contributed by atoms with van der Waals surface area (Å²) in [5.41, 5.74) is 2.85. The van der Waals surface area contributed by atoms with Gasteiger partial charge in [-0.25, -0.2) is 4.98 Å². The fourth-order valence-electron chi connectivity index (χ4n) is 2.72. The van der Waals surface area contributed by atoms with Crippen molar-refractivity contribution in [2.45, 2.75) is 26.9 Å². The summed E-state index contributed by atoms with van der Waals surface area (Å²) in [5.74, 6) is 1.25. The van der Waals surface area contributed by atoms with E-state index in [-0.39, 0.29) is 5.91 Å². The van der Waals surface area contributed by atoms with Crippen LogP contribution in [0.5, 0.6) is 5.75 Å². The first-order valence-corrected chi connectivity index (χ1v) is 9.66. The maximum Gasteiger partial charge on any atom is 0.247 e. The molecule has 6 nitrogen and oxygen atoms in total. The van der Waals surface area contributed by atoms with Crippen LogP contribution in [0.25, 0.3) is 6.08 Å². The summed E-state index contributed by atoms with van der Waals surface area (Å²) in [5, 5.41) is 0. The van der Waals surface area contributed by atoms with Gasteiger partial charge in [0.25, 0.3) is 0 Å². The number of pyridine rings is 1. The minimum absolute atomic E-state index is 0.0726. The van der Waals surface area contributed by atoms with Gasteiger partial charge in [-0.3, -0.25) is 9.78 Å². The third-order valence-corrected chi connectivity index (χ3v) is 4.24. The molecule has 0 bridgehead atoms. The Labute approximate surface area is 171 Å². The molecule has 29 heavy (non-hydrogen) atoms. The van der Waals surface area contributed by atoms with E-state index in [9.17, 15) is 4.79 Å². The predicted octanol–water partition coefficient (Wildman–Crippen LogP) is 4.08. The van der Waals surface area contributed by atoms with Crippen LogP contribution in [-0.4, -0.2) is 32.4 Å². The molecule has 0 unspecified atom stereocenters. The van der Waals surface area contributed by atoms with Crippen molar-refractivity contribution in [2.75, 3.05) is 6.61 Å². The van der Waals surface area contributed by atoms with Crippen molar-refractivity contribution in [3.63, 3.8) is 0 Å². The minimum Gasteiger partial charge on any atom is -0.493 e. The highest BCUT2D eigenvalue weighted by Gasteiger charge is 2.13. The number of aromatic amines is 1. The summed E-state index contributed by atoms with van der Waals surface area (Å²) in [4.78, 5) is 25.6. The molecule has 0 aliphatic heterocycles. The van der Waals surface area contributed by atoms with Crippen LogP contribution in [0.15, 0.2) is 67.4 Å². The Morgan fingerprint density at radius 2 is 1.76 bits per heavy atom. The number of ether oxygens (including phenoxy) is 1. The zero-order valence-corrected chi connectivity index (χ0v) is 16.8. The van der Waals surface area contributed by atoms with Crippen molar-refractivity contribution in [2.24, 2.45) is 5.92 Å². The van der Waals surface area contributed by atoms with Gasteiger partial charge in [-0.15, -0.1) is 0 Å². The molecule has 6 heteroatoms. The van der Waals surface area contributed by atoms with E-state index in [0.717, 1.165) is 22.6 Å². The van der Waals surface area contributed by atoms with Crippen molar-refractivity contribution < 1.29 is 9.53 Å². The van der Waals surface area contributed by atoms with Crippen LogP contribution in [0.4, 0.5) is 0 Å². The summed E-state index contributed by atoms with van der Waals surface area (Å²) in [6, 6.07) is 11.7. The summed E-state index contributed by atoms with van der Waals surface area (Å²) < 4.78 is 5.74. The quantitative estimate of drug-likeness (QED) is 0.559. The van der Waals surface area contributed by atoms with Gasteiger partial charge < -0.3 is 14.6 Å². The number of nitrogens with zero attached hydrogens (tertiary/aromatic N) is 3. The molecule has 3 aromatic rings. The van der Waals surface area contributed by atoms with Crippen LogP contribution >= 0.6 is 0 Å². The lowest BCUT2D eigenvalue weighted by Gasteiger charge is -2.22. The Bertz CT molecular complexity index is 904. The van der Waals surface area contributed by atoms with Crippen molar-refractivity contribution in [1.82, 2.24) is 19.9 Å². The van der Waals surface area contributed by atoms with Crippen LogP contribution in [0, 0.1) is 5.92 Å². The molecule has 0 spiro atoms. The van der Waals surface area contributed by atoms with Gasteiger partial charge in [-0.1, -0.05) is 26.0 Å². The number of benzene rings is 1. The van der Waals surface area contributed by atoms with E-state index in [0.29, 0.717) is 25.6 Å². The number of nitrogens with one attached hydrogen (secondary N) is 1. The van der Waals surface area contributed by atoms with Crippen molar-refractivity contribution >= 4 is 12.0 Å². The van der Waals surface area contributed by atoms with Gasteiger partial charge in [0, 0.05) is 31.6 Å². The molecule has 0 fully saturated rings. The van der Waals surface area contributed by atoms with Crippen LogP contribution < -0.4 is 4.74 Å². The lowest BCUT2D eigenvalue weighted by Crippen LogP contribution is -2.28. The number of H-pyrrole nitrogens is 1. The molecule has 2 heterocycles. The molecule has 0 saturated heterocycles. The van der Waals surface area contributed by atoms with E-state index in [4.69, 9.17) is 4.74 Å². The van der Waals surface area contributed by atoms with Gasteiger partial charge in [-0.05, 0) is 47.4 Å². The van der Waals surface area contributed by atoms with Crippen LogP contribution in [0.3, 0.4) is 0 Å². The highest BCUT2D eigenvalue weighted by Crippen LogP contribution is 2.16. The number of amides is 1. The molecule has 1 N–H and O–H groups in total. The van der Waals surface area contributed by atoms with E-state index in [1.165, 1.54) is 0 Å². The number of hydrogen-bond donors (Lipinski definition) is 1. The number of rotatable bonds is 9. The van der Waals surface area contributed by atoms with Gasteiger partial charge in [0.05, 0.1) is 24.8 Å². The first kappa shape index (κ1) is 20.3. The number of carbonyl (C=O) groups is 1. The third-order valence-electron chi connectivity index (χ3n) is 4.24. The molecule has 0 aliphatic carbocycles. The zero-order valence-electron chi connectivity index (χ0n) is 16.8. The Kier molecular flexibility index (Phi) is 7.16. The zero-order chi connectivity index (χ0) is 20.5. The number of carbonyl (C=O) groups excluding carboxylic acids is 1. The van der Waals surface area contributed by atoms with Crippen LogP contribution in [-0.2, 0) is 17.9 Å². The summed E-state index contributed by atoms with van der Waals surface area (Å²) in [6.45, 7) is 5.92. The van der Waals surface area contributed by atoms with Gasteiger partial charge in [0.15, 0.2) is 0 Å². The monoisotopic (exact) mass is 390 g/mol. The minimum atomic E-state index is -0.0726. The molecule has 0 saturated carbocycles. The molecule has 0 aliphatic rings. The lowest BCUT2D eigenvalue weighted by atomic mass is 10.1. The second-order valence-electron chi connectivity index (χ2n) is 7.24. The summed E-state index contributed by atoms with van der Waals surface area (Å²) >= 11 is 0. The van der Waals surface area contributed by atoms with Crippen molar-refractivity contribution in [1.29, 1.82) is 0 Å². The summed E-state index contributed by atoms with van der Waals surface area (Å²) in [7, 11) is 0. The highest BCUT2D eigenvalue weighted by atomic mass is 16.5. The maximum absolute atomic E-state index is 12.9. The van der Waals surface area contributed by atoms with E-state index >= 15 is 0 Å². The average Bonchev–Trinajstić information content (AvgIpc) is 3.25. The Morgan fingerprint density at radius 1 is 1.07 bits per heavy atom. The normalized spacial score (nSPS) is 11.1. The SMILES string of the molecule is CC(C)COc1ccc(CN(Cc2ccncc2)C(=O)C=Cc2cnc[nH]2)cc1. The highest BCUT2D eigenvalue weighted by molar-refractivity contribution is 5.91. The molecule has 150 valence electrons. The molecule has 0 radical (unpaired) electrons. The average molecular weight is 390 g/mol. The first-order valence-electron chi connectivity index (χ1n) is 9.66. The number of aromatic nitrogens is 3. The molecule has 2 aromatic heterocycles. The van der Waals surface area contributed by atoms with Gasteiger partial charge in [-0.2, -0.15) is 0 Å². The fraction of sp³-hybridized carbons (Fsp3) is 0.261. The lowest BCUT2D eigenvalue weighted by molar-refractivity contribution is -0.127. The predicted molar refractivity (Wildman–Crippen MR) is 113 cm³/mol. The molecule has 3 rings (SSSR count). The third kappa shape index (κ3) is 6.60. The van der Waals surface area contributed by atoms with Crippen LogP contribution in [0.2, 0.25) is 0 Å². The molecule has 1 aromatic carbocycles. The number of hydrogen-bond acceptors (Lipinski definition) is 4. The molecule has 0 atom stereocenters. The molecular formula is C23H26N4O2. The smallest absolute Gasteiger partial charge is 0.247 e. The van der Waals surface area contributed by atoms with Crippen molar-refractivity contribution in [3.05, 3.63) is 84.2 Å². The Balaban J connectivity index is 1.71. The second kappa shape index (κ2) is 10.2. The van der Waals surface area contributed by atoms with Crippen molar-refractivity contribution in [3.8, 4) is 5.75 Å². The first-order chi connectivity index (χ1) is 14.1. The van der Waals surface area contributed by atoms with Gasteiger partial charge in [0.1, 0.15) is 5.75 Å². The number of imidazole rings is 1. The Morgan fingerprint density at radius 3 is 2.38 bits per heavy atom. The molecule has 1 amide bonds. The van der Waals surface area contributed by atoms with E-state index in [1.807, 2.05) is 36.4 Å². The van der Waals surface area contributed by atoms with Crippen LogP contribution in [0.1, 0.15) is 30.7 Å². The van der Waals surface area contributed by atoms with E-state index < -0.39 is 0 Å². The largest absolute Gasteiger partial charge is 0.493 e. The standard InChI is InChI=1S/C23H26N4O2/c1-18(2)16-29-22-6-3-19(4-7-22)14-27(15-20-9-11-24-12-10-20)23(28)8-5-21-13-25-17-26-21/h3-13,17-18H,14-16H2,1-2H3,(H,25,26). The van der Waals surface area contributed by atoms with E-state index in [2.05, 4.69) is 28.8 Å². The second-order valence-corrected chi connectivity index (χ2v) is 7.24. The topological polar surface area (TPSA) is 71.1 Å².